The average molecular weight is 411 g/mol. The number of amides is 2. The van der Waals surface area contributed by atoms with E-state index in [9.17, 15) is 9.59 Å². The Hall–Kier alpha value is -0.396. The largest absolute Gasteiger partial charge is 0.558 e. The summed E-state index contributed by atoms with van der Waals surface area (Å²) in [6, 6.07) is 0.131. The summed E-state index contributed by atoms with van der Waals surface area (Å²) in [5.41, 5.74) is 0.686. The van der Waals surface area contributed by atoms with Crippen LogP contribution in [0.5, 0.6) is 0 Å². The van der Waals surface area contributed by atoms with Crippen molar-refractivity contribution < 1.29 is 46.7 Å². The van der Waals surface area contributed by atoms with Crippen LogP contribution in [-0.4, -0.2) is 39.9 Å². The normalized spacial score (nSPS) is 25.9. The van der Waals surface area contributed by atoms with Crippen molar-refractivity contribution in [1.29, 1.82) is 0 Å². The molecule has 2 amide bonds. The zero-order valence-corrected chi connectivity index (χ0v) is 17.0. The fraction of sp³-hybridized carbons (Fsp3) is 0.667. The van der Waals surface area contributed by atoms with Gasteiger partial charge in [0.2, 0.25) is 0 Å². The number of hydrogen-bond acceptors (Lipinski definition) is 5. The summed E-state index contributed by atoms with van der Waals surface area (Å²) in [6.45, 7) is 3.45. The molecule has 23 heavy (non-hydrogen) atoms. The Morgan fingerprint density at radius 2 is 2.30 bits per heavy atom. The Morgan fingerprint density at radius 3 is 2.96 bits per heavy atom. The maximum atomic E-state index is 12.3. The van der Waals surface area contributed by atoms with Crippen molar-refractivity contribution in [3.63, 3.8) is 0 Å². The minimum absolute atomic E-state index is 0. The third-order valence-electron chi connectivity index (χ3n) is 4.29. The van der Waals surface area contributed by atoms with E-state index in [2.05, 4.69) is 16.7 Å². The quantitative estimate of drug-likeness (QED) is 0.442. The number of aromatic nitrogens is 1. The molecule has 6 nitrogen and oxygen atoms in total. The van der Waals surface area contributed by atoms with E-state index in [0.29, 0.717) is 23.2 Å². The van der Waals surface area contributed by atoms with E-state index < -0.39 is 0 Å². The van der Waals surface area contributed by atoms with Gasteiger partial charge < -0.3 is 24.4 Å². The Labute approximate surface area is 165 Å². The van der Waals surface area contributed by atoms with Gasteiger partial charge in [-0.3, -0.25) is 0 Å². The Morgan fingerprint density at radius 1 is 1.52 bits per heavy atom. The zero-order valence-electron chi connectivity index (χ0n) is 13.4. The van der Waals surface area contributed by atoms with Crippen molar-refractivity contribution >= 4 is 29.5 Å². The standard InChI is InChI=1S/C15H20N3O3S.Y/c1-9(19)5-3-4-6-12-13-11(7-22-12)18(15(20)17-13)14-10(2)16-8-21-14;/h11-13H,3-7H2,1-2H3,(H,17,20);/q-1;. The van der Waals surface area contributed by atoms with Gasteiger partial charge in [0.1, 0.15) is 12.2 Å². The van der Waals surface area contributed by atoms with E-state index >= 15 is 0 Å². The number of hydrogen-bond donors (Lipinski definition) is 1. The second kappa shape index (κ2) is 8.12. The minimum Gasteiger partial charge on any atom is -0.558 e. The summed E-state index contributed by atoms with van der Waals surface area (Å²) in [4.78, 5) is 28.9. The number of nitrogens with one attached hydrogen (secondary N) is 1. The number of oxazole rings is 1. The first-order valence-corrected chi connectivity index (χ1v) is 8.67. The summed E-state index contributed by atoms with van der Waals surface area (Å²) in [5.74, 6) is 1.64. The fourth-order valence-electron chi connectivity index (χ4n) is 3.17. The summed E-state index contributed by atoms with van der Waals surface area (Å²) < 4.78 is 5.27. The number of nitrogens with zero attached hydrogens (tertiary/aromatic N) is 2. The van der Waals surface area contributed by atoms with Gasteiger partial charge in [-0.2, -0.15) is 11.8 Å². The van der Waals surface area contributed by atoms with Crippen LogP contribution >= 0.6 is 11.8 Å². The van der Waals surface area contributed by atoms with Gasteiger partial charge >= 0.3 is 6.03 Å². The Balaban J connectivity index is 0.00000192. The van der Waals surface area contributed by atoms with Gasteiger partial charge in [-0.1, -0.05) is 19.0 Å². The Bertz CT molecular complexity index is 580. The average Bonchev–Trinajstić information content (AvgIpc) is 3.11. The van der Waals surface area contributed by atoms with Crippen LogP contribution in [0.1, 0.15) is 38.3 Å². The van der Waals surface area contributed by atoms with Gasteiger partial charge in [-0.15, -0.1) is 0 Å². The van der Waals surface area contributed by atoms with Crippen LogP contribution in [-0.2, 0) is 37.5 Å². The molecule has 3 atom stereocenters. The van der Waals surface area contributed by atoms with Crippen LogP contribution in [0.25, 0.3) is 0 Å². The van der Waals surface area contributed by atoms with Crippen molar-refractivity contribution in [3.8, 4) is 0 Å². The van der Waals surface area contributed by atoms with Gasteiger partial charge in [0.15, 0.2) is 0 Å². The molecule has 2 fully saturated rings. The van der Waals surface area contributed by atoms with Crippen LogP contribution in [0.2, 0.25) is 0 Å². The molecule has 0 bridgehead atoms. The van der Waals surface area contributed by atoms with Crippen molar-refractivity contribution in [3.05, 3.63) is 12.1 Å². The van der Waals surface area contributed by atoms with Gasteiger partial charge in [-0.25, -0.2) is 4.79 Å². The Kier molecular flexibility index (Phi) is 6.69. The van der Waals surface area contributed by atoms with E-state index in [1.54, 1.807) is 11.8 Å². The molecular formula is C15H20N3O3SY-. The van der Waals surface area contributed by atoms with Crippen LogP contribution in [0.4, 0.5) is 10.7 Å². The molecular weight excluding hydrogens is 391 g/mol. The molecule has 1 aromatic heterocycles. The molecule has 0 spiro atoms. The molecule has 0 saturated carbocycles. The second-order valence-corrected chi connectivity index (χ2v) is 7.20. The molecule has 3 unspecified atom stereocenters. The predicted octanol–water partition coefficient (Wildman–Crippen LogP) is 2.31. The molecule has 3 heterocycles. The predicted molar refractivity (Wildman–Crippen MR) is 84.1 cm³/mol. The van der Waals surface area contributed by atoms with Gasteiger partial charge in [-0.05, 0) is 19.8 Å². The first-order valence-electron chi connectivity index (χ1n) is 7.62. The number of anilines is 1. The van der Waals surface area contributed by atoms with Gasteiger partial charge in [0.25, 0.3) is 0 Å². The van der Waals surface area contributed by atoms with E-state index in [-0.39, 0.29) is 56.6 Å². The second-order valence-electron chi connectivity index (χ2n) is 5.93. The monoisotopic (exact) mass is 411 g/mol. The van der Waals surface area contributed by atoms with Crippen molar-refractivity contribution in [2.24, 2.45) is 0 Å². The molecule has 1 aromatic rings. The molecule has 3 rings (SSSR count). The number of Topliss-reactive ketones (excluding diaryl/α,β-unsaturated/α-hetero) is 1. The third kappa shape index (κ3) is 3.99. The van der Waals surface area contributed by atoms with Crippen LogP contribution in [0, 0.1) is 13.3 Å². The minimum atomic E-state index is -0.114. The number of urea groups is 1. The first-order chi connectivity index (χ1) is 10.6. The number of carbonyl (C=O) groups is 2. The topological polar surface area (TPSA) is 75.4 Å². The number of ketones is 1. The van der Waals surface area contributed by atoms with Crippen LogP contribution < -0.4 is 10.2 Å². The molecule has 8 heteroatoms. The number of rotatable bonds is 6. The van der Waals surface area contributed by atoms with E-state index in [1.165, 1.54) is 0 Å². The number of unbranched alkanes of at least 4 members (excludes halogenated alkanes) is 1. The van der Waals surface area contributed by atoms with Crippen LogP contribution in [0.15, 0.2) is 4.42 Å². The zero-order chi connectivity index (χ0) is 15.7. The molecule has 1 radical (unpaired) electrons. The molecule has 123 valence electrons. The van der Waals surface area contributed by atoms with Gasteiger partial charge in [0.05, 0.1) is 18.0 Å². The molecule has 2 saturated heterocycles. The summed E-state index contributed by atoms with van der Waals surface area (Å²) in [6.07, 6.45) is 6.07. The van der Waals surface area contributed by atoms with Gasteiger partial charge in [0, 0.05) is 50.1 Å². The smallest absolute Gasteiger partial charge is 0.312 e. The van der Waals surface area contributed by atoms with E-state index in [1.807, 2.05) is 18.7 Å². The molecule has 2 aliphatic heterocycles. The maximum Gasteiger partial charge on any atom is 0.312 e. The first kappa shape index (κ1) is 18.9. The molecule has 0 aromatic carbocycles. The molecule has 0 aliphatic carbocycles. The summed E-state index contributed by atoms with van der Waals surface area (Å²) in [7, 11) is 0. The number of thioether (sulfide) groups is 1. The van der Waals surface area contributed by atoms with E-state index in [4.69, 9.17) is 4.42 Å². The molecule has 2 aliphatic rings. The summed E-state index contributed by atoms with van der Waals surface area (Å²) in [5, 5.41) is 3.48. The molecule has 1 N–H and O–H groups in total. The number of fused-ring (bicyclic) bond motifs is 1. The SMILES string of the molecule is CC(=O)CCCCC1SCC2C1NC(=O)N2c1o[c-]nc1C.[Y]. The van der Waals surface area contributed by atoms with Crippen LogP contribution in [0.3, 0.4) is 0 Å². The third-order valence-corrected chi connectivity index (χ3v) is 5.78. The number of aryl methyl sites for hydroxylation is 1. The number of carbonyl (C=O) groups excluding carboxylic acids is 2. The van der Waals surface area contributed by atoms with Crippen molar-refractivity contribution in [1.82, 2.24) is 10.3 Å². The van der Waals surface area contributed by atoms with E-state index in [0.717, 1.165) is 25.0 Å². The van der Waals surface area contributed by atoms with Crippen molar-refractivity contribution in [2.45, 2.75) is 56.9 Å². The maximum absolute atomic E-state index is 12.3. The van der Waals surface area contributed by atoms with Crippen molar-refractivity contribution in [2.75, 3.05) is 10.7 Å². The fourth-order valence-corrected chi connectivity index (χ4v) is 4.76. The summed E-state index contributed by atoms with van der Waals surface area (Å²) >= 11 is 1.89.